The molecule has 4 nitrogen and oxygen atoms in total. The zero-order valence-corrected chi connectivity index (χ0v) is 13.7. The number of nitrogens with zero attached hydrogens (tertiary/aromatic N) is 2. The first kappa shape index (κ1) is 15.3. The third-order valence-corrected chi connectivity index (χ3v) is 4.81. The number of hydrogen-bond donors (Lipinski definition) is 1. The molecule has 4 heteroatoms. The zero-order valence-electron chi connectivity index (χ0n) is 13.7. The van der Waals surface area contributed by atoms with Crippen LogP contribution in [0.1, 0.15) is 17.5 Å². The summed E-state index contributed by atoms with van der Waals surface area (Å²) < 4.78 is 5.46. The van der Waals surface area contributed by atoms with Gasteiger partial charge < -0.3 is 15.0 Å². The first-order valence-corrected chi connectivity index (χ1v) is 8.32. The summed E-state index contributed by atoms with van der Waals surface area (Å²) in [5.41, 5.74) is 3.03. The van der Waals surface area contributed by atoms with Gasteiger partial charge in [0.25, 0.3) is 0 Å². The van der Waals surface area contributed by atoms with E-state index in [1.807, 2.05) is 7.05 Å². The molecular weight excluding hydrogens is 274 g/mol. The number of ether oxygens (including phenoxy) is 1. The van der Waals surface area contributed by atoms with E-state index in [1.54, 1.807) is 0 Å². The van der Waals surface area contributed by atoms with Gasteiger partial charge in [-0.05, 0) is 36.3 Å². The molecule has 1 heterocycles. The van der Waals surface area contributed by atoms with Gasteiger partial charge in [0.1, 0.15) is 0 Å². The van der Waals surface area contributed by atoms with Crippen LogP contribution < -0.4 is 5.32 Å². The van der Waals surface area contributed by atoms with Gasteiger partial charge in [-0.2, -0.15) is 0 Å². The Morgan fingerprint density at radius 1 is 1.27 bits per heavy atom. The van der Waals surface area contributed by atoms with Gasteiger partial charge in [0.15, 0.2) is 5.96 Å². The highest BCUT2D eigenvalue weighted by Crippen LogP contribution is 2.25. The van der Waals surface area contributed by atoms with Gasteiger partial charge in [-0.25, -0.2) is 0 Å². The Hall–Kier alpha value is -1.55. The van der Waals surface area contributed by atoms with Gasteiger partial charge in [-0.3, -0.25) is 4.99 Å². The lowest BCUT2D eigenvalue weighted by Gasteiger charge is -2.25. The molecule has 1 aliphatic heterocycles. The lowest BCUT2D eigenvalue weighted by Crippen LogP contribution is -2.43. The van der Waals surface area contributed by atoms with E-state index in [0.717, 1.165) is 32.3 Å². The van der Waals surface area contributed by atoms with E-state index >= 15 is 0 Å². The fourth-order valence-electron chi connectivity index (χ4n) is 3.62. The quantitative estimate of drug-likeness (QED) is 0.682. The predicted octanol–water partition coefficient (Wildman–Crippen LogP) is 1.95. The van der Waals surface area contributed by atoms with Crippen LogP contribution in [0.5, 0.6) is 0 Å². The van der Waals surface area contributed by atoms with Crippen molar-refractivity contribution in [3.63, 3.8) is 0 Å². The first-order valence-electron chi connectivity index (χ1n) is 8.32. The maximum absolute atomic E-state index is 5.46. The molecule has 1 aromatic rings. The van der Waals surface area contributed by atoms with E-state index < -0.39 is 0 Å². The Kier molecular flexibility index (Phi) is 4.98. The Labute approximate surface area is 133 Å². The van der Waals surface area contributed by atoms with Crippen LogP contribution in [0, 0.1) is 11.8 Å². The largest absolute Gasteiger partial charge is 0.381 e. The Bertz CT molecular complexity index is 498. The van der Waals surface area contributed by atoms with Crippen molar-refractivity contribution < 1.29 is 4.74 Å². The number of rotatable bonds is 4. The molecular formula is C18H27N3O. The molecule has 0 amide bonds. The van der Waals surface area contributed by atoms with Crippen molar-refractivity contribution in [2.75, 3.05) is 40.4 Å². The van der Waals surface area contributed by atoms with Gasteiger partial charge in [-0.15, -0.1) is 0 Å². The molecule has 1 fully saturated rings. The number of benzene rings is 1. The first-order chi connectivity index (χ1) is 10.8. The van der Waals surface area contributed by atoms with Gasteiger partial charge in [0, 0.05) is 39.7 Å². The molecule has 120 valence electrons. The van der Waals surface area contributed by atoms with Gasteiger partial charge in [0.2, 0.25) is 0 Å². The van der Waals surface area contributed by atoms with Crippen molar-refractivity contribution in [1.29, 1.82) is 0 Å². The Balaban J connectivity index is 1.47. The number of guanidine groups is 1. The molecule has 1 aromatic carbocycles. The summed E-state index contributed by atoms with van der Waals surface area (Å²) in [5, 5.41) is 3.56. The summed E-state index contributed by atoms with van der Waals surface area (Å²) >= 11 is 0. The Morgan fingerprint density at radius 2 is 2.00 bits per heavy atom. The SMILES string of the molecule is CN=C(NCC1Cc2ccccc2C1)N(C)CC1CCOC1. The number of fused-ring (bicyclic) bond motifs is 1. The van der Waals surface area contributed by atoms with Gasteiger partial charge in [-0.1, -0.05) is 24.3 Å². The molecule has 22 heavy (non-hydrogen) atoms. The van der Waals surface area contributed by atoms with Crippen LogP contribution in [0.4, 0.5) is 0 Å². The van der Waals surface area contributed by atoms with E-state index in [-0.39, 0.29) is 0 Å². The summed E-state index contributed by atoms with van der Waals surface area (Å²) in [5.74, 6) is 2.32. The van der Waals surface area contributed by atoms with E-state index in [1.165, 1.54) is 30.4 Å². The smallest absolute Gasteiger partial charge is 0.193 e. The number of nitrogens with one attached hydrogen (secondary N) is 1. The minimum Gasteiger partial charge on any atom is -0.381 e. The second kappa shape index (κ2) is 7.14. The van der Waals surface area contributed by atoms with Crippen LogP contribution in [-0.2, 0) is 17.6 Å². The lowest BCUT2D eigenvalue weighted by molar-refractivity contribution is 0.181. The van der Waals surface area contributed by atoms with Crippen LogP contribution in [-0.4, -0.2) is 51.3 Å². The highest BCUT2D eigenvalue weighted by Gasteiger charge is 2.22. The van der Waals surface area contributed by atoms with Crippen LogP contribution in [0.3, 0.4) is 0 Å². The molecule has 0 radical (unpaired) electrons. The fourth-order valence-corrected chi connectivity index (χ4v) is 3.62. The highest BCUT2D eigenvalue weighted by molar-refractivity contribution is 5.79. The van der Waals surface area contributed by atoms with E-state index in [4.69, 9.17) is 4.74 Å². The van der Waals surface area contributed by atoms with Crippen molar-refractivity contribution in [3.8, 4) is 0 Å². The van der Waals surface area contributed by atoms with Crippen LogP contribution in [0.2, 0.25) is 0 Å². The third kappa shape index (κ3) is 3.61. The van der Waals surface area contributed by atoms with Crippen LogP contribution in [0.25, 0.3) is 0 Å². The molecule has 1 atom stereocenters. The molecule has 1 N–H and O–H groups in total. The number of aliphatic imine (C=N–C) groups is 1. The third-order valence-electron chi connectivity index (χ3n) is 4.81. The molecule has 2 aliphatic rings. The van der Waals surface area contributed by atoms with E-state index in [9.17, 15) is 0 Å². The zero-order chi connectivity index (χ0) is 15.4. The Morgan fingerprint density at radius 3 is 2.59 bits per heavy atom. The van der Waals surface area contributed by atoms with E-state index in [0.29, 0.717) is 11.8 Å². The maximum atomic E-state index is 5.46. The molecule has 1 saturated heterocycles. The summed E-state index contributed by atoms with van der Waals surface area (Å²) in [6.45, 7) is 3.81. The van der Waals surface area contributed by atoms with Crippen molar-refractivity contribution in [3.05, 3.63) is 35.4 Å². The summed E-state index contributed by atoms with van der Waals surface area (Å²) in [4.78, 5) is 6.67. The highest BCUT2D eigenvalue weighted by atomic mass is 16.5. The molecule has 1 aliphatic carbocycles. The number of hydrogen-bond acceptors (Lipinski definition) is 2. The van der Waals surface area contributed by atoms with Crippen molar-refractivity contribution in [2.45, 2.75) is 19.3 Å². The van der Waals surface area contributed by atoms with E-state index in [2.05, 4.69) is 46.5 Å². The summed E-state index contributed by atoms with van der Waals surface area (Å²) in [6, 6.07) is 8.81. The minimum absolute atomic E-state index is 0.638. The molecule has 0 spiro atoms. The van der Waals surface area contributed by atoms with Gasteiger partial charge >= 0.3 is 0 Å². The molecule has 1 unspecified atom stereocenters. The standard InChI is InChI=1S/C18H27N3O/c1-19-18(21(2)12-14-7-8-22-13-14)20-11-15-9-16-5-3-4-6-17(16)10-15/h3-6,14-15H,7-13H2,1-2H3,(H,19,20). The van der Waals surface area contributed by atoms with Crippen LogP contribution >= 0.6 is 0 Å². The summed E-state index contributed by atoms with van der Waals surface area (Å²) in [7, 11) is 3.99. The second-order valence-electron chi connectivity index (χ2n) is 6.58. The monoisotopic (exact) mass is 301 g/mol. The lowest BCUT2D eigenvalue weighted by atomic mass is 10.1. The maximum Gasteiger partial charge on any atom is 0.193 e. The summed E-state index contributed by atoms with van der Waals surface area (Å²) in [6.07, 6.45) is 3.53. The molecule has 0 aromatic heterocycles. The second-order valence-corrected chi connectivity index (χ2v) is 6.58. The fraction of sp³-hybridized carbons (Fsp3) is 0.611. The molecule has 0 bridgehead atoms. The minimum atomic E-state index is 0.638. The average Bonchev–Trinajstić information content (AvgIpc) is 3.16. The van der Waals surface area contributed by atoms with Crippen LogP contribution in [0.15, 0.2) is 29.3 Å². The van der Waals surface area contributed by atoms with Crippen molar-refractivity contribution in [2.24, 2.45) is 16.8 Å². The normalized spacial score (nSPS) is 21.9. The average molecular weight is 301 g/mol. The molecule has 3 rings (SSSR count). The molecule has 0 saturated carbocycles. The van der Waals surface area contributed by atoms with Crippen molar-refractivity contribution in [1.82, 2.24) is 10.2 Å². The topological polar surface area (TPSA) is 36.9 Å². The van der Waals surface area contributed by atoms with Crippen molar-refractivity contribution >= 4 is 5.96 Å². The predicted molar refractivity (Wildman–Crippen MR) is 90.3 cm³/mol. The van der Waals surface area contributed by atoms with Gasteiger partial charge in [0.05, 0.1) is 6.61 Å².